The van der Waals surface area contributed by atoms with Crippen molar-refractivity contribution in [2.45, 2.75) is 49.8 Å². The van der Waals surface area contributed by atoms with Gasteiger partial charge < -0.3 is 5.11 Å². The zero-order valence-electron chi connectivity index (χ0n) is 11.4. The van der Waals surface area contributed by atoms with Gasteiger partial charge in [0.2, 0.25) is 0 Å². The molecule has 0 amide bonds. The first kappa shape index (κ1) is 12.8. The van der Waals surface area contributed by atoms with Crippen molar-refractivity contribution < 1.29 is 9.90 Å². The summed E-state index contributed by atoms with van der Waals surface area (Å²) in [5.41, 5.74) is 0.0733. The quantitative estimate of drug-likeness (QED) is 0.841. The van der Waals surface area contributed by atoms with Crippen molar-refractivity contribution in [1.29, 1.82) is 0 Å². The maximum atomic E-state index is 12.4. The van der Waals surface area contributed by atoms with Gasteiger partial charge in [-0.2, -0.15) is 0 Å². The molecule has 1 aliphatic carbocycles. The fraction of sp³-hybridized carbons (Fsp3) is 0.562. The third-order valence-electron chi connectivity index (χ3n) is 4.87. The molecule has 1 saturated heterocycles. The number of piperidine rings is 1. The highest BCUT2D eigenvalue weighted by molar-refractivity contribution is 5.89. The Hall–Kier alpha value is -1.19. The zero-order valence-corrected chi connectivity index (χ0v) is 11.4. The normalized spacial score (nSPS) is 36.0. The van der Waals surface area contributed by atoms with Gasteiger partial charge in [-0.25, -0.2) is 0 Å². The third-order valence-corrected chi connectivity index (χ3v) is 4.87. The lowest BCUT2D eigenvalue weighted by Gasteiger charge is -2.50. The molecule has 102 valence electrons. The van der Waals surface area contributed by atoms with Gasteiger partial charge in [0.25, 0.3) is 0 Å². The van der Waals surface area contributed by atoms with E-state index in [0.29, 0.717) is 12.8 Å². The number of aliphatic hydroxyl groups is 1. The molecular formula is C16H21NO2. The zero-order chi connectivity index (χ0) is 13.5. The van der Waals surface area contributed by atoms with Crippen LogP contribution in [-0.2, 0) is 4.79 Å². The molecule has 1 saturated carbocycles. The van der Waals surface area contributed by atoms with Crippen LogP contribution in [-0.4, -0.2) is 34.5 Å². The van der Waals surface area contributed by atoms with Crippen molar-refractivity contribution in [2.24, 2.45) is 0 Å². The summed E-state index contributed by atoms with van der Waals surface area (Å²) in [7, 11) is 2.05. The Balaban J connectivity index is 1.93. The summed E-state index contributed by atoms with van der Waals surface area (Å²) < 4.78 is 0. The van der Waals surface area contributed by atoms with Crippen LogP contribution in [0.5, 0.6) is 0 Å². The molecule has 1 aliphatic heterocycles. The Bertz CT molecular complexity index is 473. The number of hydrogen-bond donors (Lipinski definition) is 1. The summed E-state index contributed by atoms with van der Waals surface area (Å²) >= 11 is 0. The molecule has 1 aromatic carbocycles. The average molecular weight is 259 g/mol. The van der Waals surface area contributed by atoms with E-state index in [9.17, 15) is 9.90 Å². The number of likely N-dealkylation sites (tertiary alicyclic amines) is 1. The van der Waals surface area contributed by atoms with Crippen molar-refractivity contribution in [3.8, 4) is 0 Å². The van der Waals surface area contributed by atoms with E-state index in [4.69, 9.17) is 0 Å². The van der Waals surface area contributed by atoms with Crippen molar-refractivity contribution >= 4 is 5.78 Å². The van der Waals surface area contributed by atoms with Crippen molar-refractivity contribution in [1.82, 2.24) is 4.90 Å². The van der Waals surface area contributed by atoms with Gasteiger partial charge in [-0.15, -0.1) is 0 Å². The van der Waals surface area contributed by atoms with E-state index in [1.165, 1.54) is 5.56 Å². The van der Waals surface area contributed by atoms with Crippen LogP contribution in [0.1, 0.15) is 43.7 Å². The highest BCUT2D eigenvalue weighted by Crippen LogP contribution is 2.42. The van der Waals surface area contributed by atoms with Gasteiger partial charge in [0.1, 0.15) is 5.60 Å². The second-order valence-electron chi connectivity index (χ2n) is 5.91. The number of rotatable bonds is 1. The second kappa shape index (κ2) is 4.73. The van der Waals surface area contributed by atoms with E-state index in [1.54, 1.807) is 0 Å². The largest absolute Gasteiger partial charge is 0.380 e. The Kier molecular flexibility index (Phi) is 3.19. The predicted molar refractivity (Wildman–Crippen MR) is 73.8 cm³/mol. The fourth-order valence-corrected chi connectivity index (χ4v) is 3.75. The molecule has 0 radical (unpaired) electrons. The van der Waals surface area contributed by atoms with Crippen molar-refractivity contribution in [2.75, 3.05) is 7.05 Å². The van der Waals surface area contributed by atoms with Crippen molar-refractivity contribution in [3.63, 3.8) is 0 Å². The van der Waals surface area contributed by atoms with E-state index in [-0.39, 0.29) is 17.9 Å². The van der Waals surface area contributed by atoms with E-state index >= 15 is 0 Å². The van der Waals surface area contributed by atoms with Gasteiger partial charge in [0.05, 0.1) is 0 Å². The van der Waals surface area contributed by atoms with Crippen LogP contribution in [0.25, 0.3) is 0 Å². The monoisotopic (exact) mass is 259 g/mol. The molecule has 2 fully saturated rings. The minimum Gasteiger partial charge on any atom is -0.380 e. The van der Waals surface area contributed by atoms with Gasteiger partial charge in [0.15, 0.2) is 5.78 Å². The number of ketones is 1. The molecule has 0 bridgehead atoms. The number of benzene rings is 1. The summed E-state index contributed by atoms with van der Waals surface area (Å²) in [4.78, 5) is 14.6. The SMILES string of the molecule is CN1[C@H](c2ccccc2)CC(=O)[C@]2(O)CCCC[C@@H]12. The van der Waals surface area contributed by atoms with E-state index in [0.717, 1.165) is 19.3 Å². The van der Waals surface area contributed by atoms with Gasteiger partial charge in [-0.1, -0.05) is 36.8 Å². The molecule has 3 nitrogen and oxygen atoms in total. The molecule has 2 aliphatic rings. The first-order valence-electron chi connectivity index (χ1n) is 7.15. The number of carbonyl (C=O) groups excluding carboxylic acids is 1. The van der Waals surface area contributed by atoms with Crippen LogP contribution in [0, 0.1) is 0 Å². The maximum Gasteiger partial charge on any atom is 0.167 e. The Labute approximate surface area is 114 Å². The second-order valence-corrected chi connectivity index (χ2v) is 5.91. The van der Waals surface area contributed by atoms with Gasteiger partial charge in [0, 0.05) is 18.5 Å². The average Bonchev–Trinajstić information content (AvgIpc) is 2.44. The Morgan fingerprint density at radius 2 is 2.00 bits per heavy atom. The van der Waals surface area contributed by atoms with Crippen LogP contribution in [0.15, 0.2) is 30.3 Å². The summed E-state index contributed by atoms with van der Waals surface area (Å²) in [6, 6.07) is 10.2. The number of nitrogens with zero attached hydrogens (tertiary/aromatic N) is 1. The lowest BCUT2D eigenvalue weighted by atomic mass is 9.71. The highest BCUT2D eigenvalue weighted by Gasteiger charge is 2.52. The molecule has 0 unspecified atom stereocenters. The van der Waals surface area contributed by atoms with Gasteiger partial charge >= 0.3 is 0 Å². The molecule has 0 aromatic heterocycles. The summed E-state index contributed by atoms with van der Waals surface area (Å²) in [6.45, 7) is 0. The van der Waals surface area contributed by atoms with Crippen LogP contribution in [0.3, 0.4) is 0 Å². The lowest BCUT2D eigenvalue weighted by Crippen LogP contribution is -2.62. The summed E-state index contributed by atoms with van der Waals surface area (Å²) in [5, 5.41) is 10.7. The standard InChI is InChI=1S/C16H21NO2/c1-17-13(12-7-3-2-4-8-12)11-15(18)16(19)10-6-5-9-14(16)17/h2-4,7-8,13-14,19H,5-6,9-11H2,1H3/t13-,14+,16-/m0/s1. The molecule has 3 rings (SSSR count). The molecule has 3 heteroatoms. The highest BCUT2D eigenvalue weighted by atomic mass is 16.3. The molecule has 1 N–H and O–H groups in total. The molecule has 3 atom stereocenters. The maximum absolute atomic E-state index is 12.4. The van der Waals surface area contributed by atoms with Crippen molar-refractivity contribution in [3.05, 3.63) is 35.9 Å². The number of hydrogen-bond acceptors (Lipinski definition) is 3. The number of carbonyl (C=O) groups is 1. The lowest BCUT2D eigenvalue weighted by molar-refractivity contribution is -0.162. The first-order valence-corrected chi connectivity index (χ1v) is 7.15. The van der Waals surface area contributed by atoms with Crippen LogP contribution >= 0.6 is 0 Å². The molecular weight excluding hydrogens is 238 g/mol. The smallest absolute Gasteiger partial charge is 0.167 e. The molecule has 1 aromatic rings. The summed E-state index contributed by atoms with van der Waals surface area (Å²) in [5.74, 6) is 0.0316. The molecule has 0 spiro atoms. The fourth-order valence-electron chi connectivity index (χ4n) is 3.75. The van der Waals surface area contributed by atoms with Gasteiger partial charge in [-0.3, -0.25) is 9.69 Å². The molecule has 19 heavy (non-hydrogen) atoms. The molecule has 1 heterocycles. The third kappa shape index (κ3) is 2.01. The van der Waals surface area contributed by atoms with Crippen LogP contribution < -0.4 is 0 Å². The minimum absolute atomic E-state index is 0.0206. The minimum atomic E-state index is -1.10. The Morgan fingerprint density at radius 3 is 2.74 bits per heavy atom. The van der Waals surface area contributed by atoms with Gasteiger partial charge in [-0.05, 0) is 31.9 Å². The number of likely N-dealkylation sites (N-methyl/N-ethyl adjacent to an activating group) is 1. The number of fused-ring (bicyclic) bond motifs is 1. The number of Topliss-reactive ketones (excluding diaryl/α,β-unsaturated/α-hetero) is 1. The van der Waals surface area contributed by atoms with E-state index < -0.39 is 5.60 Å². The Morgan fingerprint density at radius 1 is 1.26 bits per heavy atom. The topological polar surface area (TPSA) is 40.5 Å². The van der Waals surface area contributed by atoms with Crippen LogP contribution in [0.4, 0.5) is 0 Å². The predicted octanol–water partition coefficient (Wildman–Crippen LogP) is 2.31. The van der Waals surface area contributed by atoms with E-state index in [2.05, 4.69) is 17.0 Å². The first-order chi connectivity index (χ1) is 9.13. The summed E-state index contributed by atoms with van der Waals surface area (Å²) in [6.07, 6.45) is 4.03. The van der Waals surface area contributed by atoms with E-state index in [1.807, 2.05) is 25.2 Å². The van der Waals surface area contributed by atoms with Crippen LogP contribution in [0.2, 0.25) is 0 Å².